The number of aliphatic hydroxyl groups excluding tert-OH is 1. The fourth-order valence-corrected chi connectivity index (χ4v) is 3.54. The molecule has 1 aliphatic rings. The summed E-state index contributed by atoms with van der Waals surface area (Å²) >= 11 is 0. The monoisotopic (exact) mass is 267 g/mol. The lowest BCUT2D eigenvalue weighted by atomic mass is 10.2. The average molecular weight is 267 g/mol. The van der Waals surface area contributed by atoms with E-state index in [2.05, 4.69) is 0 Å². The third kappa shape index (κ3) is 2.18. The largest absolute Gasteiger partial charge is 0.399 e. The van der Waals surface area contributed by atoms with E-state index in [1.807, 2.05) is 6.07 Å². The molecule has 0 aliphatic carbocycles. The Morgan fingerprint density at radius 3 is 2.78 bits per heavy atom. The number of nitrogens with zero attached hydrogens (tertiary/aromatic N) is 2. The maximum Gasteiger partial charge on any atom is 0.244 e. The van der Waals surface area contributed by atoms with Gasteiger partial charge in [-0.1, -0.05) is 0 Å². The van der Waals surface area contributed by atoms with Crippen molar-refractivity contribution in [2.45, 2.75) is 17.4 Å². The third-order valence-electron chi connectivity index (χ3n) is 2.87. The van der Waals surface area contributed by atoms with Crippen LogP contribution in [0.15, 0.2) is 23.1 Å². The number of aliphatic hydroxyl groups is 1. The fourth-order valence-electron chi connectivity index (χ4n) is 1.93. The van der Waals surface area contributed by atoms with Gasteiger partial charge in [0.1, 0.15) is 11.0 Å². The first-order chi connectivity index (χ1) is 8.45. The summed E-state index contributed by atoms with van der Waals surface area (Å²) in [4.78, 5) is -0.0618. The van der Waals surface area contributed by atoms with Crippen LogP contribution in [0.3, 0.4) is 0 Å². The van der Waals surface area contributed by atoms with Crippen molar-refractivity contribution in [3.05, 3.63) is 23.8 Å². The van der Waals surface area contributed by atoms with Crippen LogP contribution in [0, 0.1) is 11.3 Å². The predicted octanol–water partition coefficient (Wildman–Crippen LogP) is -0.104. The van der Waals surface area contributed by atoms with Crippen molar-refractivity contribution in [3.63, 3.8) is 0 Å². The molecule has 0 unspecified atom stereocenters. The van der Waals surface area contributed by atoms with Crippen molar-refractivity contribution in [3.8, 4) is 6.07 Å². The van der Waals surface area contributed by atoms with Crippen LogP contribution in [0.1, 0.15) is 12.0 Å². The zero-order valence-corrected chi connectivity index (χ0v) is 10.4. The zero-order valence-electron chi connectivity index (χ0n) is 9.57. The Labute approximate surface area is 105 Å². The van der Waals surface area contributed by atoms with Crippen molar-refractivity contribution in [1.82, 2.24) is 4.31 Å². The number of benzene rings is 1. The van der Waals surface area contributed by atoms with Crippen LogP contribution < -0.4 is 5.73 Å². The summed E-state index contributed by atoms with van der Waals surface area (Å²) in [5, 5.41) is 18.4. The minimum atomic E-state index is -3.74. The van der Waals surface area contributed by atoms with Crippen LogP contribution in [0.2, 0.25) is 0 Å². The van der Waals surface area contributed by atoms with Crippen molar-refractivity contribution < 1.29 is 13.5 Å². The molecule has 0 radical (unpaired) electrons. The average Bonchev–Trinajstić information content (AvgIpc) is 2.76. The molecule has 1 aromatic carbocycles. The number of hydrogen-bond acceptors (Lipinski definition) is 5. The minimum absolute atomic E-state index is 0.0244. The molecule has 1 saturated heterocycles. The molecule has 0 bridgehead atoms. The first-order valence-electron chi connectivity index (χ1n) is 5.43. The number of nitrogen functional groups attached to an aromatic ring is 1. The summed E-state index contributed by atoms with van der Waals surface area (Å²) in [6.45, 7) is 0.330. The summed E-state index contributed by atoms with van der Waals surface area (Å²) in [6.07, 6.45) is -0.227. The Hall–Kier alpha value is -1.62. The van der Waals surface area contributed by atoms with E-state index in [1.54, 1.807) is 0 Å². The predicted molar refractivity (Wildman–Crippen MR) is 65.0 cm³/mol. The van der Waals surface area contributed by atoms with Crippen LogP contribution >= 0.6 is 0 Å². The van der Waals surface area contributed by atoms with E-state index in [0.717, 1.165) is 0 Å². The molecule has 0 aromatic heterocycles. The lowest BCUT2D eigenvalue weighted by Gasteiger charge is -2.16. The first-order valence-corrected chi connectivity index (χ1v) is 6.87. The van der Waals surface area contributed by atoms with Crippen LogP contribution in [-0.4, -0.2) is 37.0 Å². The van der Waals surface area contributed by atoms with Gasteiger partial charge in [-0.25, -0.2) is 8.42 Å². The van der Waals surface area contributed by atoms with Gasteiger partial charge in [0.05, 0.1) is 11.7 Å². The molecule has 1 aromatic rings. The highest BCUT2D eigenvalue weighted by Crippen LogP contribution is 2.25. The standard InChI is InChI=1S/C11H13N3O3S/c12-6-8-5-9(13)1-2-11(8)18(16,17)14-4-3-10(15)7-14/h1-2,5,10,15H,3-4,7,13H2/t10-/m1/s1. The third-order valence-corrected chi connectivity index (χ3v) is 4.79. The molecular formula is C11H13N3O3S. The lowest BCUT2D eigenvalue weighted by Crippen LogP contribution is -2.30. The molecule has 1 aliphatic heterocycles. The van der Waals surface area contributed by atoms with Gasteiger partial charge in [0.25, 0.3) is 0 Å². The summed E-state index contributed by atoms with van der Waals surface area (Å²) in [5.41, 5.74) is 5.89. The van der Waals surface area contributed by atoms with Gasteiger partial charge in [-0.15, -0.1) is 0 Å². The SMILES string of the molecule is N#Cc1cc(N)ccc1S(=O)(=O)N1CC[C@@H](O)C1. The minimum Gasteiger partial charge on any atom is -0.399 e. The highest BCUT2D eigenvalue weighted by molar-refractivity contribution is 7.89. The van der Waals surface area contributed by atoms with Crippen LogP contribution in [0.25, 0.3) is 0 Å². The number of nitrogens with two attached hydrogens (primary N) is 1. The van der Waals surface area contributed by atoms with Gasteiger partial charge in [0, 0.05) is 18.8 Å². The second kappa shape index (κ2) is 4.57. The molecule has 0 spiro atoms. The smallest absolute Gasteiger partial charge is 0.244 e. The highest BCUT2D eigenvalue weighted by Gasteiger charge is 2.33. The number of nitriles is 1. The Kier molecular flexibility index (Phi) is 3.26. The molecule has 7 heteroatoms. The Bertz CT molecular complexity index is 606. The van der Waals surface area contributed by atoms with Gasteiger partial charge in [0.15, 0.2) is 0 Å². The van der Waals surface area contributed by atoms with E-state index in [1.165, 1.54) is 22.5 Å². The van der Waals surface area contributed by atoms with E-state index in [9.17, 15) is 13.5 Å². The number of β-amino-alcohol motifs (C(OH)–C–C–N with tert-alkyl or cyclic N) is 1. The van der Waals surface area contributed by atoms with E-state index in [0.29, 0.717) is 12.1 Å². The van der Waals surface area contributed by atoms with Crippen molar-refractivity contribution >= 4 is 15.7 Å². The topological polar surface area (TPSA) is 107 Å². The van der Waals surface area contributed by atoms with Crippen molar-refractivity contribution in [2.75, 3.05) is 18.8 Å². The van der Waals surface area contributed by atoms with Crippen LogP contribution in [0.4, 0.5) is 5.69 Å². The number of rotatable bonds is 2. The fraction of sp³-hybridized carbons (Fsp3) is 0.364. The van der Waals surface area contributed by atoms with Crippen LogP contribution in [-0.2, 0) is 10.0 Å². The van der Waals surface area contributed by atoms with E-state index in [-0.39, 0.29) is 23.5 Å². The van der Waals surface area contributed by atoms with Gasteiger partial charge in [-0.05, 0) is 24.6 Å². The molecule has 96 valence electrons. The van der Waals surface area contributed by atoms with Gasteiger partial charge >= 0.3 is 0 Å². The van der Waals surface area contributed by atoms with Crippen molar-refractivity contribution in [2.24, 2.45) is 0 Å². The molecular weight excluding hydrogens is 254 g/mol. The Morgan fingerprint density at radius 2 is 2.22 bits per heavy atom. The van der Waals surface area contributed by atoms with Crippen LogP contribution in [0.5, 0.6) is 0 Å². The second-order valence-corrected chi connectivity index (χ2v) is 6.08. The molecule has 18 heavy (non-hydrogen) atoms. The molecule has 3 N–H and O–H groups in total. The summed E-state index contributed by atoms with van der Waals surface area (Å²) in [5.74, 6) is 0. The number of anilines is 1. The first kappa shape index (κ1) is 12.8. The summed E-state index contributed by atoms with van der Waals surface area (Å²) in [7, 11) is -3.74. The van der Waals surface area contributed by atoms with Gasteiger partial charge in [-0.2, -0.15) is 9.57 Å². The highest BCUT2D eigenvalue weighted by atomic mass is 32.2. The summed E-state index contributed by atoms with van der Waals surface area (Å²) < 4.78 is 25.8. The van der Waals surface area contributed by atoms with Crippen molar-refractivity contribution in [1.29, 1.82) is 5.26 Å². The maximum absolute atomic E-state index is 12.3. The number of sulfonamides is 1. The Morgan fingerprint density at radius 1 is 1.50 bits per heavy atom. The van der Waals surface area contributed by atoms with E-state index >= 15 is 0 Å². The number of hydrogen-bond donors (Lipinski definition) is 2. The quantitative estimate of drug-likeness (QED) is 0.727. The Balaban J connectivity index is 2.45. The van der Waals surface area contributed by atoms with Gasteiger partial charge < -0.3 is 10.8 Å². The molecule has 1 atom stereocenters. The van der Waals surface area contributed by atoms with E-state index < -0.39 is 16.1 Å². The molecule has 6 nitrogen and oxygen atoms in total. The summed E-state index contributed by atoms with van der Waals surface area (Å²) in [6, 6.07) is 5.93. The molecule has 1 fully saturated rings. The zero-order chi connectivity index (χ0) is 13.3. The molecule has 1 heterocycles. The maximum atomic E-state index is 12.3. The molecule has 0 amide bonds. The normalized spacial score (nSPS) is 20.8. The van der Waals surface area contributed by atoms with Gasteiger partial charge in [-0.3, -0.25) is 0 Å². The van der Waals surface area contributed by atoms with Gasteiger partial charge in [0.2, 0.25) is 10.0 Å². The lowest BCUT2D eigenvalue weighted by molar-refractivity contribution is 0.189. The van der Waals surface area contributed by atoms with E-state index in [4.69, 9.17) is 11.0 Å². The molecule has 2 rings (SSSR count). The molecule has 0 saturated carbocycles. The second-order valence-electron chi connectivity index (χ2n) is 4.17.